The second-order valence-corrected chi connectivity index (χ2v) is 5.89. The van der Waals surface area contributed by atoms with E-state index >= 15 is 0 Å². The molecule has 5 heteroatoms. The Morgan fingerprint density at radius 3 is 2.58 bits per heavy atom. The lowest BCUT2D eigenvalue weighted by Gasteiger charge is -2.13. The number of hydrogen-bond acceptors (Lipinski definition) is 3. The molecule has 2 amide bonds. The van der Waals surface area contributed by atoms with Crippen molar-refractivity contribution in [2.75, 3.05) is 18.5 Å². The Morgan fingerprint density at radius 2 is 1.92 bits per heavy atom. The van der Waals surface area contributed by atoms with Crippen LogP contribution in [-0.4, -0.2) is 25.0 Å². The first-order chi connectivity index (χ1) is 11.7. The summed E-state index contributed by atoms with van der Waals surface area (Å²) < 4.78 is 5.34. The fourth-order valence-corrected chi connectivity index (χ4v) is 2.71. The molecule has 0 aliphatic heterocycles. The Kier molecular flexibility index (Phi) is 7.33. The van der Waals surface area contributed by atoms with Crippen LogP contribution in [0.1, 0.15) is 45.4 Å². The molecular formula is C19H26N2O3. The number of rotatable bonds is 8. The Bertz CT molecular complexity index is 579. The van der Waals surface area contributed by atoms with Gasteiger partial charge in [-0.2, -0.15) is 0 Å². The van der Waals surface area contributed by atoms with Gasteiger partial charge in [-0.25, -0.2) is 0 Å². The van der Waals surface area contributed by atoms with Gasteiger partial charge in [0.15, 0.2) is 0 Å². The predicted octanol–water partition coefficient (Wildman–Crippen LogP) is 3.42. The van der Waals surface area contributed by atoms with Gasteiger partial charge < -0.3 is 15.4 Å². The highest BCUT2D eigenvalue weighted by molar-refractivity contribution is 6.03. The van der Waals surface area contributed by atoms with Gasteiger partial charge in [0.05, 0.1) is 6.61 Å². The minimum Gasteiger partial charge on any atom is -0.494 e. The summed E-state index contributed by atoms with van der Waals surface area (Å²) in [6.07, 6.45) is 7.78. The molecule has 0 spiro atoms. The van der Waals surface area contributed by atoms with Gasteiger partial charge in [0, 0.05) is 12.2 Å². The van der Waals surface area contributed by atoms with E-state index in [0.717, 1.165) is 25.0 Å². The van der Waals surface area contributed by atoms with Crippen molar-refractivity contribution in [3.05, 3.63) is 35.9 Å². The smallest absolute Gasteiger partial charge is 0.233 e. The average molecular weight is 330 g/mol. The fraction of sp³-hybridized carbons (Fsp3) is 0.474. The Balaban J connectivity index is 1.67. The van der Waals surface area contributed by atoms with Crippen molar-refractivity contribution < 1.29 is 14.3 Å². The second kappa shape index (κ2) is 9.75. The van der Waals surface area contributed by atoms with Crippen LogP contribution in [0, 0.1) is 0 Å². The lowest BCUT2D eigenvalue weighted by atomic mass is 9.97. The Labute approximate surface area is 143 Å². The topological polar surface area (TPSA) is 67.4 Å². The molecule has 1 aromatic rings. The average Bonchev–Trinajstić information content (AvgIpc) is 2.58. The van der Waals surface area contributed by atoms with Crippen molar-refractivity contribution in [1.29, 1.82) is 0 Å². The van der Waals surface area contributed by atoms with Crippen LogP contribution >= 0.6 is 0 Å². The van der Waals surface area contributed by atoms with E-state index < -0.39 is 0 Å². The standard InChI is InChI=1S/C19H26N2O3/c1-2-24-17-10-8-16(9-11-17)21-19(23)14-18(22)20-13-12-15-6-4-3-5-7-15/h6,8-11H,2-5,7,12-14H2,1H3,(H,20,22)(H,21,23). The number of allylic oxidation sites excluding steroid dienone is 1. The number of benzene rings is 1. The summed E-state index contributed by atoms with van der Waals surface area (Å²) in [4.78, 5) is 23.7. The minimum absolute atomic E-state index is 0.160. The summed E-state index contributed by atoms with van der Waals surface area (Å²) in [5.41, 5.74) is 2.07. The predicted molar refractivity (Wildman–Crippen MR) is 95.0 cm³/mol. The molecule has 0 saturated heterocycles. The molecule has 0 fully saturated rings. The van der Waals surface area contributed by atoms with Crippen LogP contribution in [0.4, 0.5) is 5.69 Å². The molecule has 0 heterocycles. The van der Waals surface area contributed by atoms with Gasteiger partial charge in [0.25, 0.3) is 0 Å². The molecule has 2 N–H and O–H groups in total. The number of carbonyl (C=O) groups is 2. The molecule has 0 bridgehead atoms. The number of nitrogens with one attached hydrogen (secondary N) is 2. The lowest BCUT2D eigenvalue weighted by Crippen LogP contribution is -2.29. The van der Waals surface area contributed by atoms with E-state index in [1.807, 2.05) is 6.92 Å². The van der Waals surface area contributed by atoms with E-state index in [9.17, 15) is 9.59 Å². The van der Waals surface area contributed by atoms with E-state index in [4.69, 9.17) is 4.74 Å². The number of amides is 2. The summed E-state index contributed by atoms with van der Waals surface area (Å²) in [5.74, 6) is 0.202. The molecule has 130 valence electrons. The molecule has 0 unspecified atom stereocenters. The molecular weight excluding hydrogens is 304 g/mol. The maximum absolute atomic E-state index is 11.9. The summed E-state index contributed by atoms with van der Waals surface area (Å²) in [7, 11) is 0. The third-order valence-corrected chi connectivity index (χ3v) is 3.92. The maximum Gasteiger partial charge on any atom is 0.233 e. The lowest BCUT2D eigenvalue weighted by molar-refractivity contribution is -0.126. The largest absolute Gasteiger partial charge is 0.494 e. The highest BCUT2D eigenvalue weighted by Gasteiger charge is 2.10. The van der Waals surface area contributed by atoms with E-state index in [-0.39, 0.29) is 18.2 Å². The van der Waals surface area contributed by atoms with Gasteiger partial charge in [0.1, 0.15) is 12.2 Å². The van der Waals surface area contributed by atoms with Crippen molar-refractivity contribution in [1.82, 2.24) is 5.32 Å². The van der Waals surface area contributed by atoms with E-state index in [1.54, 1.807) is 24.3 Å². The monoisotopic (exact) mass is 330 g/mol. The van der Waals surface area contributed by atoms with E-state index in [2.05, 4.69) is 16.7 Å². The van der Waals surface area contributed by atoms with Crippen LogP contribution in [0.3, 0.4) is 0 Å². The molecule has 24 heavy (non-hydrogen) atoms. The molecule has 5 nitrogen and oxygen atoms in total. The van der Waals surface area contributed by atoms with Crippen molar-refractivity contribution in [2.24, 2.45) is 0 Å². The summed E-state index contributed by atoms with van der Waals surface area (Å²) >= 11 is 0. The molecule has 0 saturated carbocycles. The van der Waals surface area contributed by atoms with Crippen molar-refractivity contribution in [3.8, 4) is 5.75 Å². The summed E-state index contributed by atoms with van der Waals surface area (Å²) in [6, 6.07) is 7.10. The first kappa shape index (κ1) is 18.0. The molecule has 1 aromatic carbocycles. The number of hydrogen-bond donors (Lipinski definition) is 2. The second-order valence-electron chi connectivity index (χ2n) is 5.89. The van der Waals surface area contributed by atoms with Crippen molar-refractivity contribution in [3.63, 3.8) is 0 Å². The molecule has 0 atom stereocenters. The highest BCUT2D eigenvalue weighted by Crippen LogP contribution is 2.19. The molecule has 1 aliphatic rings. The zero-order valence-corrected chi connectivity index (χ0v) is 14.3. The molecule has 0 aromatic heterocycles. The van der Waals surface area contributed by atoms with Crippen LogP contribution in [0.2, 0.25) is 0 Å². The molecule has 2 rings (SSSR count). The van der Waals surface area contributed by atoms with Crippen molar-refractivity contribution in [2.45, 2.75) is 45.4 Å². The van der Waals surface area contributed by atoms with Gasteiger partial charge in [0.2, 0.25) is 11.8 Å². The van der Waals surface area contributed by atoms with Crippen LogP contribution in [0.15, 0.2) is 35.9 Å². The molecule has 0 radical (unpaired) electrons. The van der Waals surface area contributed by atoms with Crippen LogP contribution in [0.5, 0.6) is 5.75 Å². The fourth-order valence-electron chi connectivity index (χ4n) is 2.71. The maximum atomic E-state index is 11.9. The zero-order valence-electron chi connectivity index (χ0n) is 14.3. The van der Waals surface area contributed by atoms with Gasteiger partial charge in [-0.15, -0.1) is 0 Å². The minimum atomic E-state index is -0.312. The third kappa shape index (κ3) is 6.44. The van der Waals surface area contributed by atoms with E-state index in [1.165, 1.54) is 18.4 Å². The van der Waals surface area contributed by atoms with Crippen molar-refractivity contribution >= 4 is 17.5 Å². The van der Waals surface area contributed by atoms with E-state index in [0.29, 0.717) is 18.8 Å². The van der Waals surface area contributed by atoms with Gasteiger partial charge in [-0.3, -0.25) is 9.59 Å². The number of carbonyl (C=O) groups excluding carboxylic acids is 2. The first-order valence-corrected chi connectivity index (χ1v) is 8.64. The SMILES string of the molecule is CCOc1ccc(NC(=O)CC(=O)NCCC2=CCCCC2)cc1. The zero-order chi connectivity index (χ0) is 17.2. The van der Waals surface area contributed by atoms with Gasteiger partial charge in [-0.05, 0) is 63.3 Å². The normalized spacial score (nSPS) is 13.8. The van der Waals surface area contributed by atoms with Gasteiger partial charge in [-0.1, -0.05) is 11.6 Å². The van der Waals surface area contributed by atoms with Crippen LogP contribution in [-0.2, 0) is 9.59 Å². The highest BCUT2D eigenvalue weighted by atomic mass is 16.5. The summed E-state index contributed by atoms with van der Waals surface area (Å²) in [5, 5.41) is 5.53. The molecule has 1 aliphatic carbocycles. The van der Waals surface area contributed by atoms with Gasteiger partial charge >= 0.3 is 0 Å². The number of anilines is 1. The Hall–Kier alpha value is -2.30. The van der Waals surface area contributed by atoms with Crippen LogP contribution in [0.25, 0.3) is 0 Å². The quantitative estimate of drug-likeness (QED) is 0.567. The third-order valence-electron chi connectivity index (χ3n) is 3.92. The van der Waals surface area contributed by atoms with Crippen LogP contribution < -0.4 is 15.4 Å². The summed E-state index contributed by atoms with van der Waals surface area (Å²) in [6.45, 7) is 3.11. The first-order valence-electron chi connectivity index (χ1n) is 8.64. The number of ether oxygens (including phenoxy) is 1. The Morgan fingerprint density at radius 1 is 1.12 bits per heavy atom.